The number of carboxylic acids is 1. The SMILES string of the molecule is CC(C)(ON=C(C(=O)N[C@H]1CN(C(=O)NS(=O)(=O)NNC(=O)c2ccc(O)c(O)c2)C1=O)c1csc(N)n1)C(=O)O. The minimum absolute atomic E-state index is 0.0489. The molecule has 19 nitrogen and oxygen atoms in total. The van der Waals surface area contributed by atoms with Crippen LogP contribution in [0.5, 0.6) is 11.5 Å². The lowest BCUT2D eigenvalue weighted by Crippen LogP contribution is -2.68. The third-order valence-corrected chi connectivity index (χ3v) is 6.59. The first-order valence-electron chi connectivity index (χ1n) is 11.0. The molecule has 0 spiro atoms. The van der Waals surface area contributed by atoms with Crippen molar-refractivity contribution < 1.29 is 52.5 Å². The fourth-order valence-corrected chi connectivity index (χ4v) is 3.95. The molecule has 9 N–H and O–H groups in total. The largest absolute Gasteiger partial charge is 0.504 e. The minimum Gasteiger partial charge on any atom is -0.504 e. The fourth-order valence-electron chi connectivity index (χ4n) is 2.79. The number of urea groups is 1. The number of nitrogens with two attached hydrogens (primary N) is 1. The van der Waals surface area contributed by atoms with Crippen molar-refractivity contribution in [3.05, 3.63) is 34.8 Å². The van der Waals surface area contributed by atoms with E-state index in [9.17, 15) is 47.7 Å². The van der Waals surface area contributed by atoms with Crippen molar-refractivity contribution in [2.75, 3.05) is 12.3 Å². The maximum atomic E-state index is 12.8. The Bertz CT molecular complexity index is 1550. The molecule has 41 heavy (non-hydrogen) atoms. The average Bonchev–Trinajstić information content (AvgIpc) is 3.31. The zero-order valence-corrected chi connectivity index (χ0v) is 22.6. The highest BCUT2D eigenvalue weighted by molar-refractivity contribution is 7.88. The van der Waals surface area contributed by atoms with E-state index in [2.05, 4.69) is 15.5 Å². The molecule has 0 bridgehead atoms. The Hall–Kier alpha value is -5.02. The summed E-state index contributed by atoms with van der Waals surface area (Å²) in [5.41, 5.74) is 4.64. The summed E-state index contributed by atoms with van der Waals surface area (Å²) < 4.78 is 25.7. The van der Waals surface area contributed by atoms with E-state index in [-0.39, 0.29) is 16.4 Å². The first-order chi connectivity index (χ1) is 19.0. The number of carbonyl (C=O) groups excluding carboxylic acids is 4. The molecule has 2 heterocycles. The van der Waals surface area contributed by atoms with Gasteiger partial charge >= 0.3 is 22.2 Å². The summed E-state index contributed by atoms with van der Waals surface area (Å²) >= 11 is 0.940. The van der Waals surface area contributed by atoms with Gasteiger partial charge in [-0.2, -0.15) is 8.42 Å². The van der Waals surface area contributed by atoms with Gasteiger partial charge in [0.1, 0.15) is 11.7 Å². The average molecular weight is 615 g/mol. The number of benzene rings is 1. The number of nitrogens with zero attached hydrogens (tertiary/aromatic N) is 3. The summed E-state index contributed by atoms with van der Waals surface area (Å²) in [4.78, 5) is 71.7. The normalized spacial score (nSPS) is 15.5. The van der Waals surface area contributed by atoms with Crippen molar-refractivity contribution in [2.45, 2.75) is 25.5 Å². The van der Waals surface area contributed by atoms with E-state index in [0.717, 1.165) is 29.5 Å². The fraction of sp³-hybridized carbons (Fsp3) is 0.250. The topological polar surface area (TPSA) is 292 Å². The van der Waals surface area contributed by atoms with Crippen LogP contribution >= 0.6 is 11.3 Å². The second kappa shape index (κ2) is 11.6. The number of rotatable bonds is 10. The lowest BCUT2D eigenvalue weighted by molar-refractivity contribution is -0.161. The third-order valence-electron chi connectivity index (χ3n) is 5.10. The molecule has 2 aromatic rings. The molecule has 1 atom stereocenters. The number of carbonyl (C=O) groups is 5. The van der Waals surface area contributed by atoms with Crippen LogP contribution in [0.25, 0.3) is 0 Å². The van der Waals surface area contributed by atoms with Gasteiger partial charge in [0, 0.05) is 10.9 Å². The second-order valence-electron chi connectivity index (χ2n) is 8.56. The number of nitrogen functional groups attached to an aromatic ring is 1. The van der Waals surface area contributed by atoms with Crippen LogP contribution < -0.4 is 26.0 Å². The van der Waals surface area contributed by atoms with Gasteiger partial charge in [-0.15, -0.1) is 16.2 Å². The number of aromatic nitrogens is 1. The zero-order chi connectivity index (χ0) is 30.7. The maximum absolute atomic E-state index is 12.8. The van der Waals surface area contributed by atoms with E-state index in [4.69, 9.17) is 10.6 Å². The lowest BCUT2D eigenvalue weighted by Gasteiger charge is -2.36. The molecule has 1 aliphatic rings. The highest BCUT2D eigenvalue weighted by atomic mass is 32.2. The van der Waals surface area contributed by atoms with Crippen LogP contribution in [0.15, 0.2) is 28.7 Å². The van der Waals surface area contributed by atoms with Crippen LogP contribution in [0.4, 0.5) is 9.93 Å². The number of likely N-dealkylation sites (tertiary alicyclic amines) is 1. The summed E-state index contributed by atoms with van der Waals surface area (Å²) in [5, 5.41) is 35.1. The summed E-state index contributed by atoms with van der Waals surface area (Å²) in [6, 6.07) is 0.180. The minimum atomic E-state index is -4.74. The number of imide groups is 1. The molecule has 5 amide bonds. The predicted octanol–water partition coefficient (Wildman–Crippen LogP) is -2.06. The number of amides is 5. The number of hydrazine groups is 1. The van der Waals surface area contributed by atoms with Gasteiger partial charge in [-0.05, 0) is 32.0 Å². The van der Waals surface area contributed by atoms with Gasteiger partial charge in [-0.3, -0.25) is 24.7 Å². The molecule has 220 valence electrons. The van der Waals surface area contributed by atoms with E-state index in [1.165, 1.54) is 23.9 Å². The van der Waals surface area contributed by atoms with Crippen LogP contribution in [-0.2, 0) is 29.4 Å². The number of oxime groups is 1. The summed E-state index contributed by atoms with van der Waals surface area (Å²) in [7, 11) is -4.74. The van der Waals surface area contributed by atoms with Gasteiger partial charge in [0.2, 0.25) is 5.60 Å². The first kappa shape index (κ1) is 30.5. The van der Waals surface area contributed by atoms with Crippen molar-refractivity contribution in [1.29, 1.82) is 0 Å². The number of phenolic OH excluding ortho intramolecular Hbond substituents is 2. The van der Waals surface area contributed by atoms with Crippen molar-refractivity contribution in [3.63, 3.8) is 0 Å². The maximum Gasteiger partial charge on any atom is 0.350 e. The van der Waals surface area contributed by atoms with Gasteiger partial charge in [0.25, 0.3) is 17.7 Å². The smallest absolute Gasteiger partial charge is 0.350 e. The zero-order valence-electron chi connectivity index (χ0n) is 20.9. The Morgan fingerprint density at radius 2 is 1.90 bits per heavy atom. The molecule has 1 aromatic heterocycles. The summed E-state index contributed by atoms with van der Waals surface area (Å²) in [6.07, 6.45) is 0. The number of hydrogen-bond acceptors (Lipinski definition) is 14. The molecule has 0 aliphatic carbocycles. The molecule has 1 saturated heterocycles. The number of carboxylic acid groups (broad SMARTS) is 1. The number of thiazole rings is 1. The van der Waals surface area contributed by atoms with E-state index in [0.29, 0.717) is 4.90 Å². The third kappa shape index (κ3) is 7.34. The highest BCUT2D eigenvalue weighted by Crippen LogP contribution is 2.24. The van der Waals surface area contributed by atoms with Crippen LogP contribution in [0.3, 0.4) is 0 Å². The molecule has 0 radical (unpaired) electrons. The second-order valence-corrected chi connectivity index (χ2v) is 10.9. The summed E-state index contributed by atoms with van der Waals surface area (Å²) in [6.45, 7) is 1.86. The molecule has 0 saturated carbocycles. The van der Waals surface area contributed by atoms with Gasteiger partial charge < -0.3 is 31.2 Å². The number of anilines is 1. The Balaban J connectivity index is 1.59. The predicted molar refractivity (Wildman–Crippen MR) is 137 cm³/mol. The quantitative estimate of drug-likeness (QED) is 0.0619. The Kier molecular flexibility index (Phi) is 8.64. The molecule has 3 rings (SSSR count). The Morgan fingerprint density at radius 1 is 1.22 bits per heavy atom. The molecular weight excluding hydrogens is 592 g/mol. The number of aliphatic carboxylic acids is 1. The first-order valence-corrected chi connectivity index (χ1v) is 13.4. The monoisotopic (exact) mass is 614 g/mol. The molecule has 21 heteroatoms. The molecular formula is C20H22N8O11S2. The number of aromatic hydroxyl groups is 2. The molecule has 0 unspecified atom stereocenters. The summed E-state index contributed by atoms with van der Waals surface area (Å²) in [5.74, 6) is -5.66. The van der Waals surface area contributed by atoms with Crippen LogP contribution in [-0.4, -0.2) is 87.2 Å². The van der Waals surface area contributed by atoms with E-state index >= 15 is 0 Å². The molecule has 1 fully saturated rings. The number of hydrogen-bond donors (Lipinski definition) is 8. The van der Waals surface area contributed by atoms with E-state index < -0.39 is 75.3 Å². The van der Waals surface area contributed by atoms with Crippen LogP contribution in [0, 0.1) is 0 Å². The number of phenols is 2. The van der Waals surface area contributed by atoms with Crippen molar-refractivity contribution >= 4 is 62.1 Å². The Morgan fingerprint density at radius 3 is 2.46 bits per heavy atom. The van der Waals surface area contributed by atoms with E-state index in [1.807, 2.05) is 0 Å². The van der Waals surface area contributed by atoms with Gasteiger partial charge in [-0.25, -0.2) is 19.3 Å². The van der Waals surface area contributed by atoms with E-state index in [1.54, 1.807) is 10.3 Å². The van der Waals surface area contributed by atoms with Crippen molar-refractivity contribution in [2.24, 2.45) is 5.16 Å². The van der Waals surface area contributed by atoms with Crippen LogP contribution in [0.1, 0.15) is 29.9 Å². The Labute approximate surface area is 234 Å². The number of β-lactam (4-membered cyclic amide) rings is 1. The van der Waals surface area contributed by atoms with Crippen molar-refractivity contribution in [1.82, 2.24) is 30.2 Å². The van der Waals surface area contributed by atoms with Gasteiger partial charge in [-0.1, -0.05) is 5.16 Å². The standard InChI is InChI=1S/C20H22N8O11S2/c1-20(2,17(34)35)39-25-13(10-7-40-18(21)23-10)15(32)22-9-6-28(16(9)33)19(36)26-41(37,38)27-24-14(31)8-3-4-11(29)12(30)5-8/h3-5,7,9,27,29-30H,6H2,1-2H3,(H2,21,23)(H,22,32)(H,24,31)(H,26,36)(H,34,35)/t9-/m0/s1. The molecule has 1 aliphatic heterocycles. The van der Waals surface area contributed by atoms with Gasteiger partial charge in [0.05, 0.1) is 6.54 Å². The number of nitrogens with one attached hydrogen (secondary N) is 4. The van der Waals surface area contributed by atoms with Crippen molar-refractivity contribution in [3.8, 4) is 11.5 Å². The lowest BCUT2D eigenvalue weighted by atomic mass is 10.1. The van der Waals surface area contributed by atoms with Crippen LogP contribution in [0.2, 0.25) is 0 Å². The molecule has 1 aromatic carbocycles. The highest BCUT2D eigenvalue weighted by Gasteiger charge is 2.43. The van der Waals surface area contributed by atoms with Gasteiger partial charge in [0.15, 0.2) is 22.3 Å².